The van der Waals surface area contributed by atoms with Crippen molar-refractivity contribution in [1.82, 2.24) is 4.90 Å². The Morgan fingerprint density at radius 2 is 2.14 bits per heavy atom. The van der Waals surface area contributed by atoms with Crippen LogP contribution >= 0.6 is 11.8 Å². The van der Waals surface area contributed by atoms with Crippen LogP contribution in [0.4, 0.5) is 4.39 Å². The lowest BCUT2D eigenvalue weighted by atomic mass is 9.97. The van der Waals surface area contributed by atoms with Crippen molar-refractivity contribution in [2.75, 3.05) is 18.6 Å². The molecule has 1 aromatic carbocycles. The largest absolute Gasteiger partial charge is 0.338 e. The molecule has 116 valence electrons. The highest BCUT2D eigenvalue weighted by molar-refractivity contribution is 7.98. The van der Waals surface area contributed by atoms with E-state index in [0.29, 0.717) is 13.0 Å². The summed E-state index contributed by atoms with van der Waals surface area (Å²) in [5.74, 6) is 0.992. The first kappa shape index (κ1) is 16.3. The van der Waals surface area contributed by atoms with Crippen molar-refractivity contribution >= 4 is 17.7 Å². The third-order valence-corrected chi connectivity index (χ3v) is 4.79. The zero-order valence-electron chi connectivity index (χ0n) is 12.6. The van der Waals surface area contributed by atoms with Gasteiger partial charge in [0.1, 0.15) is 5.82 Å². The summed E-state index contributed by atoms with van der Waals surface area (Å²) in [4.78, 5) is 14.3. The highest BCUT2D eigenvalue weighted by Crippen LogP contribution is 2.32. The number of hydrogen-bond acceptors (Lipinski definition) is 3. The van der Waals surface area contributed by atoms with Gasteiger partial charge in [-0.3, -0.25) is 4.79 Å². The number of likely N-dealkylation sites (tertiary alicyclic amines) is 1. The summed E-state index contributed by atoms with van der Waals surface area (Å²) in [6.07, 6.45) is 3.64. The molecule has 3 nitrogen and oxygen atoms in total. The van der Waals surface area contributed by atoms with E-state index in [-0.39, 0.29) is 23.7 Å². The number of benzene rings is 1. The van der Waals surface area contributed by atoms with Crippen molar-refractivity contribution in [3.05, 3.63) is 35.6 Å². The molecule has 0 unspecified atom stereocenters. The van der Waals surface area contributed by atoms with Gasteiger partial charge in [-0.25, -0.2) is 4.39 Å². The van der Waals surface area contributed by atoms with E-state index in [0.717, 1.165) is 17.7 Å². The van der Waals surface area contributed by atoms with E-state index >= 15 is 0 Å². The van der Waals surface area contributed by atoms with Crippen LogP contribution in [-0.2, 0) is 4.79 Å². The van der Waals surface area contributed by atoms with Crippen LogP contribution in [0.2, 0.25) is 0 Å². The molecular weight excluding hydrogens is 287 g/mol. The summed E-state index contributed by atoms with van der Waals surface area (Å²) < 4.78 is 13.0. The minimum atomic E-state index is -0.410. The van der Waals surface area contributed by atoms with Gasteiger partial charge in [-0.05, 0) is 49.5 Å². The Labute approximate surface area is 130 Å². The average Bonchev–Trinajstić information content (AvgIpc) is 2.86. The lowest BCUT2D eigenvalue weighted by molar-refractivity contribution is -0.133. The maximum Gasteiger partial charge on any atom is 0.239 e. The van der Waals surface area contributed by atoms with Crippen LogP contribution in [0, 0.1) is 5.82 Å². The lowest BCUT2D eigenvalue weighted by Crippen LogP contribution is -2.45. The van der Waals surface area contributed by atoms with Crippen molar-refractivity contribution in [3.8, 4) is 0 Å². The van der Waals surface area contributed by atoms with Gasteiger partial charge in [0, 0.05) is 18.5 Å². The van der Waals surface area contributed by atoms with Crippen molar-refractivity contribution in [1.29, 1.82) is 0 Å². The second-order valence-electron chi connectivity index (χ2n) is 5.71. The molecule has 1 aliphatic rings. The number of carbonyl (C=O) groups excluding carboxylic acids is 1. The Hall–Kier alpha value is -1.07. The van der Waals surface area contributed by atoms with Gasteiger partial charge in [-0.15, -0.1) is 0 Å². The second kappa shape index (κ2) is 7.27. The Balaban J connectivity index is 2.00. The van der Waals surface area contributed by atoms with E-state index in [1.165, 1.54) is 12.1 Å². The molecule has 0 aliphatic carbocycles. The monoisotopic (exact) mass is 310 g/mol. The summed E-state index contributed by atoms with van der Waals surface area (Å²) in [5.41, 5.74) is 7.09. The fraction of sp³-hybridized carbons (Fsp3) is 0.562. The molecule has 5 heteroatoms. The molecule has 1 aliphatic heterocycles. The molecule has 2 N–H and O–H groups in total. The fourth-order valence-electron chi connectivity index (χ4n) is 2.90. The topological polar surface area (TPSA) is 46.3 Å². The summed E-state index contributed by atoms with van der Waals surface area (Å²) in [7, 11) is 0. The molecule has 0 spiro atoms. The van der Waals surface area contributed by atoms with Crippen LogP contribution in [0.15, 0.2) is 24.3 Å². The number of hydrogen-bond donors (Lipinski definition) is 1. The summed E-state index contributed by atoms with van der Waals surface area (Å²) >= 11 is 1.70. The number of nitrogens with zero attached hydrogens (tertiary/aromatic N) is 1. The third-order valence-electron chi connectivity index (χ3n) is 4.15. The third kappa shape index (κ3) is 3.98. The van der Waals surface area contributed by atoms with E-state index in [1.807, 2.05) is 23.3 Å². The van der Waals surface area contributed by atoms with Crippen LogP contribution in [-0.4, -0.2) is 41.4 Å². The van der Waals surface area contributed by atoms with Gasteiger partial charge in [-0.1, -0.05) is 12.1 Å². The molecule has 1 saturated heterocycles. The number of nitrogens with two attached hydrogens (primary N) is 1. The van der Waals surface area contributed by atoms with Crippen molar-refractivity contribution < 1.29 is 9.18 Å². The van der Waals surface area contributed by atoms with Crippen LogP contribution in [0.25, 0.3) is 0 Å². The van der Waals surface area contributed by atoms with Gasteiger partial charge in [0.2, 0.25) is 5.91 Å². The molecule has 1 heterocycles. The SMILES string of the molecule is CSCC[C@H](N)C(=O)N1C[C@H](c2ccc(F)cc2)C[C@@H]1C. The second-order valence-corrected chi connectivity index (χ2v) is 6.70. The predicted octanol–water partition coefficient (Wildman–Crippen LogP) is 2.61. The number of amides is 1. The number of carbonyl (C=O) groups is 1. The van der Waals surface area contributed by atoms with E-state index in [1.54, 1.807) is 11.8 Å². The molecule has 3 atom stereocenters. The van der Waals surface area contributed by atoms with Crippen molar-refractivity contribution in [2.24, 2.45) is 5.73 Å². The first-order chi connectivity index (χ1) is 10.0. The van der Waals surface area contributed by atoms with Crippen LogP contribution in [0.5, 0.6) is 0 Å². The molecule has 0 aromatic heterocycles. The Kier molecular flexibility index (Phi) is 5.65. The normalized spacial score (nSPS) is 23.3. The Bertz CT molecular complexity index is 480. The standard InChI is InChI=1S/C16H23FN2OS/c1-11-9-13(12-3-5-14(17)6-4-12)10-19(11)16(20)15(18)7-8-21-2/h3-6,11,13,15H,7-10,18H2,1-2H3/t11-,13+,15-/m0/s1. The number of rotatable bonds is 5. The molecule has 0 bridgehead atoms. The van der Waals surface area contributed by atoms with E-state index in [4.69, 9.17) is 5.73 Å². The highest BCUT2D eigenvalue weighted by Gasteiger charge is 2.34. The summed E-state index contributed by atoms with van der Waals surface area (Å²) in [6, 6.07) is 6.37. The lowest BCUT2D eigenvalue weighted by Gasteiger charge is -2.25. The Morgan fingerprint density at radius 1 is 1.48 bits per heavy atom. The van der Waals surface area contributed by atoms with Gasteiger partial charge in [-0.2, -0.15) is 11.8 Å². The van der Waals surface area contributed by atoms with Crippen molar-refractivity contribution in [2.45, 2.75) is 37.8 Å². The van der Waals surface area contributed by atoms with Crippen LogP contribution < -0.4 is 5.73 Å². The van der Waals surface area contributed by atoms with Gasteiger partial charge >= 0.3 is 0 Å². The molecule has 0 radical (unpaired) electrons. The van der Waals surface area contributed by atoms with E-state index in [2.05, 4.69) is 6.92 Å². The zero-order chi connectivity index (χ0) is 15.4. The zero-order valence-corrected chi connectivity index (χ0v) is 13.4. The molecular formula is C16H23FN2OS. The van der Waals surface area contributed by atoms with E-state index < -0.39 is 6.04 Å². The van der Waals surface area contributed by atoms with Gasteiger partial charge in [0.05, 0.1) is 6.04 Å². The van der Waals surface area contributed by atoms with Crippen molar-refractivity contribution in [3.63, 3.8) is 0 Å². The van der Waals surface area contributed by atoms with Gasteiger partial charge in [0.15, 0.2) is 0 Å². The minimum Gasteiger partial charge on any atom is -0.338 e. The first-order valence-corrected chi connectivity index (χ1v) is 8.72. The number of halogens is 1. The van der Waals surface area contributed by atoms with Gasteiger partial charge < -0.3 is 10.6 Å². The quantitative estimate of drug-likeness (QED) is 0.909. The molecule has 2 rings (SSSR count). The number of thioether (sulfide) groups is 1. The van der Waals surface area contributed by atoms with Crippen LogP contribution in [0.3, 0.4) is 0 Å². The predicted molar refractivity (Wildman–Crippen MR) is 85.9 cm³/mol. The summed E-state index contributed by atoms with van der Waals surface area (Å²) in [5, 5.41) is 0. The fourth-order valence-corrected chi connectivity index (χ4v) is 3.39. The highest BCUT2D eigenvalue weighted by atomic mass is 32.2. The van der Waals surface area contributed by atoms with Crippen LogP contribution in [0.1, 0.15) is 31.2 Å². The maximum absolute atomic E-state index is 13.0. The molecule has 0 saturated carbocycles. The average molecular weight is 310 g/mol. The first-order valence-electron chi connectivity index (χ1n) is 7.33. The maximum atomic E-state index is 13.0. The molecule has 1 aromatic rings. The minimum absolute atomic E-state index is 0.0427. The molecule has 21 heavy (non-hydrogen) atoms. The molecule has 1 fully saturated rings. The molecule has 1 amide bonds. The smallest absolute Gasteiger partial charge is 0.239 e. The van der Waals surface area contributed by atoms with Gasteiger partial charge in [0.25, 0.3) is 0 Å². The Morgan fingerprint density at radius 3 is 2.76 bits per heavy atom. The summed E-state index contributed by atoms with van der Waals surface area (Å²) in [6.45, 7) is 2.74. The van der Waals surface area contributed by atoms with E-state index in [9.17, 15) is 9.18 Å².